The molecule has 0 aliphatic rings. The molecule has 15 heavy (non-hydrogen) atoms. The van der Waals surface area contributed by atoms with Crippen LogP contribution in [-0.2, 0) is 10.3 Å². The maximum atomic E-state index is 10.7. The summed E-state index contributed by atoms with van der Waals surface area (Å²) in [7, 11) is 0. The van der Waals surface area contributed by atoms with Crippen LogP contribution in [0.25, 0.3) is 0 Å². The minimum absolute atomic E-state index is 0.117. The van der Waals surface area contributed by atoms with E-state index in [0.717, 1.165) is 5.56 Å². The lowest BCUT2D eigenvalue weighted by atomic mass is 9.85. The molecule has 4 N–H and O–H groups in total. The molecule has 0 bridgehead atoms. The molecule has 0 heterocycles. The fourth-order valence-electron chi connectivity index (χ4n) is 1.49. The topological polar surface area (TPSA) is 83.6 Å². The van der Waals surface area contributed by atoms with Crippen molar-refractivity contribution >= 4 is 5.97 Å². The largest absolute Gasteiger partial charge is 0.508 e. The van der Waals surface area contributed by atoms with E-state index < -0.39 is 11.5 Å². The van der Waals surface area contributed by atoms with Crippen LogP contribution in [0.1, 0.15) is 25.3 Å². The summed E-state index contributed by atoms with van der Waals surface area (Å²) >= 11 is 0. The second-order valence-corrected chi connectivity index (χ2v) is 3.63. The number of phenols is 1. The van der Waals surface area contributed by atoms with Gasteiger partial charge in [0.05, 0.1) is 12.0 Å². The van der Waals surface area contributed by atoms with Crippen LogP contribution in [0, 0.1) is 0 Å². The van der Waals surface area contributed by atoms with Crippen LogP contribution in [0.15, 0.2) is 24.3 Å². The van der Waals surface area contributed by atoms with Gasteiger partial charge in [-0.25, -0.2) is 0 Å². The lowest BCUT2D eigenvalue weighted by molar-refractivity contribution is -0.138. The molecule has 0 aliphatic heterocycles. The lowest BCUT2D eigenvalue weighted by Gasteiger charge is -2.26. The monoisotopic (exact) mass is 209 g/mol. The third-order valence-corrected chi connectivity index (χ3v) is 2.54. The standard InChI is InChI=1S/C11H15NO3/c1-2-11(12,7-10(14)15)8-3-5-9(13)6-4-8/h3-6,13H,2,7,12H2,1H3,(H,14,15)/t11-/m0/s1. The summed E-state index contributed by atoms with van der Waals surface area (Å²) in [6.07, 6.45) is 0.415. The number of hydrogen-bond donors (Lipinski definition) is 3. The first-order chi connectivity index (χ1) is 6.98. The molecule has 0 saturated heterocycles. The molecule has 4 nitrogen and oxygen atoms in total. The van der Waals surface area contributed by atoms with Crippen molar-refractivity contribution in [3.63, 3.8) is 0 Å². The first-order valence-corrected chi connectivity index (χ1v) is 4.78. The van der Waals surface area contributed by atoms with Crippen molar-refractivity contribution in [3.05, 3.63) is 29.8 Å². The van der Waals surface area contributed by atoms with Crippen molar-refractivity contribution in [2.75, 3.05) is 0 Å². The molecule has 1 atom stereocenters. The van der Waals surface area contributed by atoms with Gasteiger partial charge in [0.15, 0.2) is 0 Å². The molecule has 0 aromatic heterocycles. The van der Waals surface area contributed by atoms with Crippen LogP contribution in [0.3, 0.4) is 0 Å². The molecule has 0 unspecified atom stereocenters. The van der Waals surface area contributed by atoms with Gasteiger partial charge in [0.1, 0.15) is 5.75 Å². The van der Waals surface area contributed by atoms with E-state index in [1.165, 1.54) is 12.1 Å². The van der Waals surface area contributed by atoms with Gasteiger partial charge in [0.25, 0.3) is 0 Å². The first-order valence-electron chi connectivity index (χ1n) is 4.78. The summed E-state index contributed by atoms with van der Waals surface area (Å²) in [6, 6.07) is 6.33. The van der Waals surface area contributed by atoms with Gasteiger partial charge < -0.3 is 15.9 Å². The number of aromatic hydroxyl groups is 1. The molecule has 4 heteroatoms. The minimum atomic E-state index is -0.924. The maximum Gasteiger partial charge on any atom is 0.305 e. The number of carbonyl (C=O) groups is 1. The number of aliphatic carboxylic acids is 1. The van der Waals surface area contributed by atoms with Crippen LogP contribution in [0.2, 0.25) is 0 Å². The second-order valence-electron chi connectivity index (χ2n) is 3.63. The lowest BCUT2D eigenvalue weighted by Crippen LogP contribution is -2.38. The molecule has 82 valence electrons. The van der Waals surface area contributed by atoms with E-state index >= 15 is 0 Å². The van der Waals surface area contributed by atoms with Crippen LogP contribution >= 0.6 is 0 Å². The van der Waals surface area contributed by atoms with Crippen molar-refractivity contribution in [3.8, 4) is 5.75 Å². The quantitative estimate of drug-likeness (QED) is 0.700. The number of carboxylic acid groups (broad SMARTS) is 1. The fourth-order valence-corrected chi connectivity index (χ4v) is 1.49. The van der Waals surface area contributed by atoms with Crippen LogP contribution < -0.4 is 5.73 Å². The smallest absolute Gasteiger partial charge is 0.305 e. The summed E-state index contributed by atoms with van der Waals surface area (Å²) in [5.74, 6) is -0.778. The Bertz CT molecular complexity index is 347. The zero-order chi connectivity index (χ0) is 11.5. The highest BCUT2D eigenvalue weighted by Crippen LogP contribution is 2.27. The molecule has 0 fully saturated rings. The van der Waals surface area contributed by atoms with Gasteiger partial charge in [0, 0.05) is 0 Å². The van der Waals surface area contributed by atoms with Crippen molar-refractivity contribution in [2.24, 2.45) is 5.73 Å². The van der Waals surface area contributed by atoms with Gasteiger partial charge in [0.2, 0.25) is 0 Å². The zero-order valence-electron chi connectivity index (χ0n) is 8.60. The number of carboxylic acids is 1. The summed E-state index contributed by atoms with van der Waals surface area (Å²) < 4.78 is 0. The van der Waals surface area contributed by atoms with E-state index in [1.807, 2.05) is 6.92 Å². The number of phenolic OH excluding ortho intramolecular Hbond substituents is 1. The molecule has 0 spiro atoms. The van der Waals surface area contributed by atoms with Gasteiger partial charge in [-0.2, -0.15) is 0 Å². The molecule has 0 radical (unpaired) electrons. The Hall–Kier alpha value is -1.55. The molecule has 0 aliphatic carbocycles. The summed E-state index contributed by atoms with van der Waals surface area (Å²) in [5, 5.41) is 17.9. The van der Waals surface area contributed by atoms with E-state index in [4.69, 9.17) is 15.9 Å². The Kier molecular flexibility index (Phi) is 3.31. The highest BCUT2D eigenvalue weighted by Gasteiger charge is 2.28. The van der Waals surface area contributed by atoms with E-state index in [2.05, 4.69) is 0 Å². The van der Waals surface area contributed by atoms with Crippen molar-refractivity contribution in [1.29, 1.82) is 0 Å². The summed E-state index contributed by atoms with van der Waals surface area (Å²) in [6.45, 7) is 1.84. The molecule has 0 amide bonds. The zero-order valence-corrected chi connectivity index (χ0v) is 8.60. The number of rotatable bonds is 4. The molecule has 0 saturated carbocycles. The maximum absolute atomic E-state index is 10.7. The van der Waals surface area contributed by atoms with Gasteiger partial charge in [-0.15, -0.1) is 0 Å². The Morgan fingerprint density at radius 2 is 1.93 bits per heavy atom. The highest BCUT2D eigenvalue weighted by atomic mass is 16.4. The van der Waals surface area contributed by atoms with Gasteiger partial charge in [-0.05, 0) is 24.1 Å². The highest BCUT2D eigenvalue weighted by molar-refractivity contribution is 5.69. The Balaban J connectivity index is 3.00. The third kappa shape index (κ3) is 2.70. The molecular formula is C11H15NO3. The van der Waals surface area contributed by atoms with Gasteiger partial charge in [-0.3, -0.25) is 4.79 Å². The summed E-state index contributed by atoms with van der Waals surface area (Å²) in [4.78, 5) is 10.7. The van der Waals surface area contributed by atoms with E-state index in [1.54, 1.807) is 12.1 Å². The Morgan fingerprint density at radius 3 is 2.33 bits per heavy atom. The number of benzene rings is 1. The fraction of sp³-hybridized carbons (Fsp3) is 0.364. The number of nitrogens with two attached hydrogens (primary N) is 1. The van der Waals surface area contributed by atoms with Crippen LogP contribution in [-0.4, -0.2) is 16.2 Å². The normalized spacial score (nSPS) is 14.5. The molecule has 1 aromatic rings. The predicted molar refractivity (Wildman–Crippen MR) is 56.5 cm³/mol. The SMILES string of the molecule is CC[C@](N)(CC(=O)O)c1ccc(O)cc1. The van der Waals surface area contributed by atoms with E-state index in [0.29, 0.717) is 6.42 Å². The van der Waals surface area contributed by atoms with E-state index in [9.17, 15) is 4.79 Å². The van der Waals surface area contributed by atoms with Crippen LogP contribution in [0.5, 0.6) is 5.75 Å². The van der Waals surface area contributed by atoms with Crippen molar-refractivity contribution in [1.82, 2.24) is 0 Å². The van der Waals surface area contributed by atoms with Crippen LogP contribution in [0.4, 0.5) is 0 Å². The average Bonchev–Trinajstić information content (AvgIpc) is 2.17. The Morgan fingerprint density at radius 1 is 1.40 bits per heavy atom. The number of hydrogen-bond acceptors (Lipinski definition) is 3. The third-order valence-electron chi connectivity index (χ3n) is 2.54. The Labute approximate surface area is 88.3 Å². The average molecular weight is 209 g/mol. The van der Waals surface area contributed by atoms with Gasteiger partial charge >= 0.3 is 5.97 Å². The van der Waals surface area contributed by atoms with E-state index in [-0.39, 0.29) is 12.2 Å². The molecule has 1 rings (SSSR count). The first kappa shape index (κ1) is 11.5. The van der Waals surface area contributed by atoms with Crippen molar-refractivity contribution in [2.45, 2.75) is 25.3 Å². The minimum Gasteiger partial charge on any atom is -0.508 e. The van der Waals surface area contributed by atoms with Gasteiger partial charge in [-0.1, -0.05) is 19.1 Å². The predicted octanol–water partition coefficient (Wildman–Crippen LogP) is 1.43. The molecular weight excluding hydrogens is 194 g/mol. The van der Waals surface area contributed by atoms with Crippen molar-refractivity contribution < 1.29 is 15.0 Å². The second kappa shape index (κ2) is 4.31. The molecule has 1 aromatic carbocycles. The summed E-state index contributed by atoms with van der Waals surface area (Å²) in [5.41, 5.74) is 5.87.